The highest BCUT2D eigenvalue weighted by molar-refractivity contribution is 6.06. The van der Waals surface area contributed by atoms with Crippen LogP contribution >= 0.6 is 0 Å². The fourth-order valence-corrected chi connectivity index (χ4v) is 2.65. The zero-order chi connectivity index (χ0) is 22.1. The molecule has 0 heterocycles. The van der Waals surface area contributed by atoms with Gasteiger partial charge < -0.3 is 24.8 Å². The molecule has 0 saturated carbocycles. The minimum absolute atomic E-state index is 0.102. The van der Waals surface area contributed by atoms with Gasteiger partial charge >= 0.3 is 0 Å². The van der Waals surface area contributed by atoms with Crippen molar-refractivity contribution in [3.05, 3.63) is 84.6 Å². The largest absolute Gasteiger partial charge is 0.497 e. The summed E-state index contributed by atoms with van der Waals surface area (Å²) in [7, 11) is 3.07. The minimum Gasteiger partial charge on any atom is -0.497 e. The molecule has 7 heteroatoms. The fourth-order valence-electron chi connectivity index (χ4n) is 2.65. The summed E-state index contributed by atoms with van der Waals surface area (Å²) < 4.78 is 16.2. The van der Waals surface area contributed by atoms with E-state index in [-0.39, 0.29) is 5.57 Å². The van der Waals surface area contributed by atoms with Gasteiger partial charge in [0.1, 0.15) is 34.6 Å². The Morgan fingerprint density at radius 1 is 0.903 bits per heavy atom. The molecule has 3 aromatic rings. The van der Waals surface area contributed by atoms with Crippen LogP contribution in [0.15, 0.2) is 84.6 Å². The van der Waals surface area contributed by atoms with Crippen LogP contribution in [0.5, 0.6) is 23.0 Å². The standard InChI is InChI=1S/C24H21N3O4/c1-29-21-12-13-23(30-2)22(14-21)26-16-17(15-25)24(28)27-18-8-10-20(11-9-18)31-19-6-4-3-5-7-19/h3-14,16,26H,1-2H3,(H,27,28)/b17-16-. The maximum absolute atomic E-state index is 12.5. The van der Waals surface area contributed by atoms with Crippen LogP contribution in [0.25, 0.3) is 0 Å². The summed E-state index contributed by atoms with van der Waals surface area (Å²) in [6.07, 6.45) is 1.32. The van der Waals surface area contributed by atoms with Crippen molar-refractivity contribution in [2.45, 2.75) is 0 Å². The zero-order valence-corrected chi connectivity index (χ0v) is 17.1. The van der Waals surface area contributed by atoms with Crippen molar-refractivity contribution in [1.29, 1.82) is 5.26 Å². The molecule has 0 saturated heterocycles. The van der Waals surface area contributed by atoms with E-state index in [2.05, 4.69) is 10.6 Å². The second-order valence-corrected chi connectivity index (χ2v) is 6.27. The van der Waals surface area contributed by atoms with Gasteiger partial charge in [0.15, 0.2) is 0 Å². The van der Waals surface area contributed by atoms with Gasteiger partial charge in [-0.15, -0.1) is 0 Å². The van der Waals surface area contributed by atoms with Gasteiger partial charge in [0.25, 0.3) is 5.91 Å². The Balaban J connectivity index is 1.66. The van der Waals surface area contributed by atoms with Crippen LogP contribution in [0.2, 0.25) is 0 Å². The molecule has 2 N–H and O–H groups in total. The van der Waals surface area contributed by atoms with Crippen molar-refractivity contribution in [3.8, 4) is 29.1 Å². The maximum atomic E-state index is 12.5. The summed E-state index contributed by atoms with van der Waals surface area (Å²) in [4.78, 5) is 12.5. The first kappa shape index (κ1) is 21.3. The number of carbonyl (C=O) groups is 1. The summed E-state index contributed by atoms with van der Waals surface area (Å²) >= 11 is 0. The lowest BCUT2D eigenvalue weighted by Crippen LogP contribution is -2.14. The predicted octanol–water partition coefficient (Wildman–Crippen LogP) is 4.95. The highest BCUT2D eigenvalue weighted by atomic mass is 16.5. The molecule has 156 valence electrons. The first-order chi connectivity index (χ1) is 15.1. The van der Waals surface area contributed by atoms with Crippen LogP contribution in [-0.2, 0) is 4.79 Å². The number of hydrogen-bond donors (Lipinski definition) is 2. The van der Waals surface area contributed by atoms with Crippen LogP contribution in [0.4, 0.5) is 11.4 Å². The topological polar surface area (TPSA) is 92.6 Å². The Kier molecular flexibility index (Phi) is 7.12. The average molecular weight is 415 g/mol. The van der Waals surface area contributed by atoms with Crippen molar-refractivity contribution in [2.24, 2.45) is 0 Å². The number of hydrogen-bond acceptors (Lipinski definition) is 6. The fraction of sp³-hybridized carbons (Fsp3) is 0.0833. The Hall–Kier alpha value is -4.44. The molecular formula is C24H21N3O4. The van der Waals surface area contributed by atoms with E-state index >= 15 is 0 Å². The molecule has 7 nitrogen and oxygen atoms in total. The van der Waals surface area contributed by atoms with Crippen LogP contribution in [-0.4, -0.2) is 20.1 Å². The summed E-state index contributed by atoms with van der Waals surface area (Å²) in [6, 6.07) is 23.3. The number of anilines is 2. The van der Waals surface area contributed by atoms with Gasteiger partial charge in [0, 0.05) is 18.0 Å². The Bertz CT molecular complexity index is 1100. The number of carbonyl (C=O) groups excluding carboxylic acids is 1. The number of nitrogens with zero attached hydrogens (tertiary/aromatic N) is 1. The summed E-state index contributed by atoms with van der Waals surface area (Å²) in [6.45, 7) is 0. The summed E-state index contributed by atoms with van der Waals surface area (Å²) in [5.41, 5.74) is 0.991. The number of methoxy groups -OCH3 is 2. The molecule has 0 atom stereocenters. The molecule has 0 radical (unpaired) electrons. The number of ether oxygens (including phenoxy) is 3. The molecule has 3 aromatic carbocycles. The Morgan fingerprint density at radius 3 is 2.23 bits per heavy atom. The Morgan fingerprint density at radius 2 is 1.58 bits per heavy atom. The van der Waals surface area contributed by atoms with Gasteiger partial charge in [-0.3, -0.25) is 4.79 Å². The lowest BCUT2D eigenvalue weighted by Gasteiger charge is -2.11. The molecule has 0 unspecified atom stereocenters. The van der Waals surface area contributed by atoms with Gasteiger partial charge in [-0.25, -0.2) is 0 Å². The molecule has 0 aliphatic heterocycles. The third-order valence-electron chi connectivity index (χ3n) is 4.23. The van der Waals surface area contributed by atoms with E-state index in [1.54, 1.807) is 49.6 Å². The number of benzene rings is 3. The van der Waals surface area contributed by atoms with E-state index in [0.717, 1.165) is 0 Å². The molecule has 3 rings (SSSR count). The van der Waals surface area contributed by atoms with E-state index in [9.17, 15) is 10.1 Å². The van der Waals surface area contributed by atoms with Gasteiger partial charge in [-0.2, -0.15) is 5.26 Å². The van der Waals surface area contributed by atoms with E-state index in [0.29, 0.717) is 34.4 Å². The summed E-state index contributed by atoms with van der Waals surface area (Å²) in [5, 5.41) is 15.0. The average Bonchev–Trinajstić information content (AvgIpc) is 2.81. The smallest absolute Gasteiger partial charge is 0.267 e. The lowest BCUT2D eigenvalue weighted by atomic mass is 10.2. The predicted molar refractivity (Wildman–Crippen MR) is 118 cm³/mol. The molecule has 0 bridgehead atoms. The van der Waals surface area contributed by atoms with E-state index < -0.39 is 5.91 Å². The van der Waals surface area contributed by atoms with Crippen molar-refractivity contribution in [2.75, 3.05) is 24.9 Å². The molecule has 1 amide bonds. The normalized spacial score (nSPS) is 10.5. The molecule has 0 fully saturated rings. The second kappa shape index (κ2) is 10.4. The molecule has 31 heavy (non-hydrogen) atoms. The van der Waals surface area contributed by atoms with Crippen molar-refractivity contribution in [3.63, 3.8) is 0 Å². The van der Waals surface area contributed by atoms with Gasteiger partial charge in [-0.1, -0.05) is 18.2 Å². The molecule has 0 aliphatic carbocycles. The van der Waals surface area contributed by atoms with Crippen LogP contribution in [0.3, 0.4) is 0 Å². The third-order valence-corrected chi connectivity index (χ3v) is 4.23. The molecular weight excluding hydrogens is 394 g/mol. The highest BCUT2D eigenvalue weighted by Crippen LogP contribution is 2.29. The first-order valence-electron chi connectivity index (χ1n) is 9.36. The van der Waals surface area contributed by atoms with Gasteiger partial charge in [0.05, 0.1) is 19.9 Å². The number of para-hydroxylation sites is 1. The number of nitrogens with one attached hydrogen (secondary N) is 2. The van der Waals surface area contributed by atoms with Crippen molar-refractivity contribution in [1.82, 2.24) is 0 Å². The van der Waals surface area contributed by atoms with E-state index in [4.69, 9.17) is 14.2 Å². The van der Waals surface area contributed by atoms with E-state index in [1.165, 1.54) is 13.3 Å². The van der Waals surface area contributed by atoms with Gasteiger partial charge in [0.2, 0.25) is 0 Å². The number of nitriles is 1. The third kappa shape index (κ3) is 5.78. The van der Waals surface area contributed by atoms with E-state index in [1.807, 2.05) is 36.4 Å². The maximum Gasteiger partial charge on any atom is 0.267 e. The quantitative estimate of drug-likeness (QED) is 0.399. The van der Waals surface area contributed by atoms with Crippen molar-refractivity contribution >= 4 is 17.3 Å². The van der Waals surface area contributed by atoms with Crippen LogP contribution in [0.1, 0.15) is 0 Å². The zero-order valence-electron chi connectivity index (χ0n) is 17.1. The first-order valence-corrected chi connectivity index (χ1v) is 9.36. The summed E-state index contributed by atoms with van der Waals surface area (Å²) in [5.74, 6) is 1.95. The highest BCUT2D eigenvalue weighted by Gasteiger charge is 2.11. The molecule has 0 aliphatic rings. The molecule has 0 spiro atoms. The second-order valence-electron chi connectivity index (χ2n) is 6.27. The van der Waals surface area contributed by atoms with Crippen LogP contribution < -0.4 is 24.8 Å². The van der Waals surface area contributed by atoms with Crippen molar-refractivity contribution < 1.29 is 19.0 Å². The number of rotatable bonds is 8. The Labute approximate surface area is 180 Å². The van der Waals surface area contributed by atoms with Crippen LogP contribution in [0, 0.1) is 11.3 Å². The van der Waals surface area contributed by atoms with Gasteiger partial charge in [-0.05, 0) is 48.5 Å². The monoisotopic (exact) mass is 415 g/mol. The minimum atomic E-state index is -0.548. The number of amides is 1. The molecule has 0 aromatic heterocycles. The lowest BCUT2D eigenvalue weighted by molar-refractivity contribution is -0.112. The SMILES string of the molecule is COc1ccc(OC)c(N/C=C(/C#N)C(=O)Nc2ccc(Oc3ccccc3)cc2)c1.